The Morgan fingerprint density at radius 3 is 2.29 bits per heavy atom. The van der Waals surface area contributed by atoms with Gasteiger partial charge in [-0.15, -0.1) is 0 Å². The van der Waals surface area contributed by atoms with Gasteiger partial charge in [-0.1, -0.05) is 42.5 Å². The van der Waals surface area contributed by atoms with E-state index in [1.807, 2.05) is 68.4 Å². The minimum absolute atomic E-state index is 0.0564. The Morgan fingerprint density at radius 2 is 1.68 bits per heavy atom. The quantitative estimate of drug-likeness (QED) is 0.427. The third kappa shape index (κ3) is 6.21. The van der Waals surface area contributed by atoms with Gasteiger partial charge in [0.1, 0.15) is 24.4 Å². The Hall–Kier alpha value is -3.69. The number of methoxy groups -OCH3 is 1. The van der Waals surface area contributed by atoms with Crippen LogP contribution in [0.1, 0.15) is 25.0 Å². The summed E-state index contributed by atoms with van der Waals surface area (Å²) in [6.45, 7) is 4.24. The van der Waals surface area contributed by atoms with Crippen molar-refractivity contribution in [1.82, 2.24) is 9.55 Å². The minimum Gasteiger partial charge on any atom is -0.497 e. The van der Waals surface area contributed by atoms with Gasteiger partial charge in [-0.2, -0.15) is 0 Å². The highest BCUT2D eigenvalue weighted by Gasteiger charge is 2.36. The zero-order valence-corrected chi connectivity index (χ0v) is 19.5. The van der Waals surface area contributed by atoms with Crippen molar-refractivity contribution in [3.05, 3.63) is 88.6 Å². The van der Waals surface area contributed by atoms with Crippen LogP contribution in [-0.4, -0.2) is 36.0 Å². The first kappa shape index (κ1) is 24.9. The van der Waals surface area contributed by atoms with Crippen LogP contribution in [0.2, 0.25) is 0 Å². The van der Waals surface area contributed by atoms with Crippen LogP contribution in [0, 0.1) is 0 Å². The monoisotopic (exact) mass is 467 g/mol. The molecule has 0 aliphatic heterocycles. The molecule has 0 aliphatic carbocycles. The van der Waals surface area contributed by atoms with Crippen molar-refractivity contribution in [2.45, 2.75) is 32.8 Å². The van der Waals surface area contributed by atoms with Gasteiger partial charge in [-0.05, 0) is 37.1 Å². The van der Waals surface area contributed by atoms with E-state index in [0.717, 1.165) is 11.1 Å². The average Bonchev–Trinajstić information content (AvgIpc) is 2.85. The van der Waals surface area contributed by atoms with E-state index in [2.05, 4.69) is 10.3 Å². The number of aromatic nitrogens is 2. The summed E-state index contributed by atoms with van der Waals surface area (Å²) >= 11 is 0. The van der Waals surface area contributed by atoms with Crippen molar-refractivity contribution in [2.24, 2.45) is 0 Å². The third-order valence-electron chi connectivity index (χ3n) is 4.98. The Balaban J connectivity index is 1.86. The van der Waals surface area contributed by atoms with E-state index >= 15 is 0 Å². The molecule has 180 valence electrons. The van der Waals surface area contributed by atoms with Crippen LogP contribution in [0.25, 0.3) is 0 Å². The second kappa shape index (κ2) is 12.0. The molecule has 0 aliphatic rings. The van der Waals surface area contributed by atoms with Crippen molar-refractivity contribution in [3.63, 3.8) is 0 Å². The van der Waals surface area contributed by atoms with E-state index in [1.165, 1.54) is 17.1 Å². The lowest BCUT2D eigenvalue weighted by molar-refractivity contribution is -0.292. The number of amides is 1. The van der Waals surface area contributed by atoms with Gasteiger partial charge in [-0.3, -0.25) is 10.1 Å². The van der Waals surface area contributed by atoms with E-state index in [0.29, 0.717) is 5.75 Å². The fourth-order valence-corrected chi connectivity index (χ4v) is 3.43. The van der Waals surface area contributed by atoms with Crippen LogP contribution < -0.4 is 15.6 Å². The van der Waals surface area contributed by atoms with Gasteiger partial charge in [0.2, 0.25) is 0 Å². The molecule has 0 saturated heterocycles. The molecule has 9 heteroatoms. The summed E-state index contributed by atoms with van der Waals surface area (Å²) in [7, 11) is 1.59. The fourth-order valence-electron chi connectivity index (χ4n) is 3.43. The Kier molecular flexibility index (Phi) is 8.78. The summed E-state index contributed by atoms with van der Waals surface area (Å²) < 4.78 is 23.7. The van der Waals surface area contributed by atoms with Crippen LogP contribution in [0.3, 0.4) is 0 Å². The van der Waals surface area contributed by atoms with Gasteiger partial charge in [0, 0.05) is 19.6 Å². The molecule has 2 aromatic carbocycles. The lowest BCUT2D eigenvalue weighted by atomic mass is 10.1. The normalized spacial score (nSPS) is 11.1. The van der Waals surface area contributed by atoms with Gasteiger partial charge >= 0.3 is 6.09 Å². The summed E-state index contributed by atoms with van der Waals surface area (Å²) in [6, 6.07) is 16.6. The number of hydrogen-bond acceptors (Lipinski definition) is 7. The predicted octanol–water partition coefficient (Wildman–Crippen LogP) is 3.93. The van der Waals surface area contributed by atoms with Gasteiger partial charge < -0.3 is 18.9 Å². The van der Waals surface area contributed by atoms with Gasteiger partial charge in [0.05, 0.1) is 13.3 Å². The standard InChI is InChI=1S/C25H29N3O6/c1-4-33-25(34-5-2,15-19-11-13-21(31-3)14-12-19)28-18-26-16-22(23(28)29)27-24(30)32-17-20-9-7-6-8-10-20/h6-14,16,18H,4-5,15,17H2,1-3H3,(H,27,30). The van der Waals surface area contributed by atoms with Crippen molar-refractivity contribution in [3.8, 4) is 5.75 Å². The molecule has 1 heterocycles. The average molecular weight is 468 g/mol. The zero-order valence-electron chi connectivity index (χ0n) is 19.5. The van der Waals surface area contributed by atoms with Crippen molar-refractivity contribution >= 4 is 11.8 Å². The molecule has 0 atom stereocenters. The molecule has 1 N–H and O–H groups in total. The molecule has 1 amide bonds. The number of nitrogens with zero attached hydrogens (tertiary/aromatic N) is 2. The van der Waals surface area contributed by atoms with E-state index < -0.39 is 17.6 Å². The number of carbonyl (C=O) groups excluding carboxylic acids is 1. The highest BCUT2D eigenvalue weighted by molar-refractivity contribution is 5.83. The minimum atomic E-state index is -1.46. The first-order valence-electron chi connectivity index (χ1n) is 11.0. The summed E-state index contributed by atoms with van der Waals surface area (Å²) in [5.74, 6) is -0.755. The number of benzene rings is 2. The molecule has 0 saturated carbocycles. The maximum Gasteiger partial charge on any atom is 0.412 e. The molecule has 3 rings (SSSR count). The number of rotatable bonds is 11. The predicted molar refractivity (Wildman–Crippen MR) is 127 cm³/mol. The largest absolute Gasteiger partial charge is 0.497 e. The van der Waals surface area contributed by atoms with Crippen LogP contribution in [-0.2, 0) is 33.1 Å². The maximum atomic E-state index is 13.3. The molecular formula is C25H29N3O6. The number of ether oxygens (including phenoxy) is 4. The highest BCUT2D eigenvalue weighted by Crippen LogP contribution is 2.26. The van der Waals surface area contributed by atoms with Crippen molar-refractivity contribution < 1.29 is 23.7 Å². The van der Waals surface area contributed by atoms with E-state index in [1.54, 1.807) is 7.11 Å². The second-order valence-electron chi connectivity index (χ2n) is 7.27. The molecule has 1 aromatic heterocycles. The Morgan fingerprint density at radius 1 is 1.00 bits per heavy atom. The molecule has 0 bridgehead atoms. The van der Waals surface area contributed by atoms with Crippen molar-refractivity contribution in [1.29, 1.82) is 0 Å². The van der Waals surface area contributed by atoms with Gasteiger partial charge in [0.25, 0.3) is 11.5 Å². The van der Waals surface area contributed by atoms with Gasteiger partial charge in [-0.25, -0.2) is 14.3 Å². The second-order valence-corrected chi connectivity index (χ2v) is 7.27. The van der Waals surface area contributed by atoms with Gasteiger partial charge in [0.15, 0.2) is 0 Å². The maximum absolute atomic E-state index is 13.3. The number of carbonyl (C=O) groups is 1. The van der Waals surface area contributed by atoms with Crippen molar-refractivity contribution in [2.75, 3.05) is 25.6 Å². The first-order valence-corrected chi connectivity index (χ1v) is 11.0. The van der Waals surface area contributed by atoms with E-state index in [4.69, 9.17) is 18.9 Å². The summed E-state index contributed by atoms with van der Waals surface area (Å²) in [5, 5.41) is 2.47. The SMILES string of the molecule is CCOC(Cc1ccc(OC)cc1)(OCC)n1cncc(NC(=O)OCc2ccccc2)c1=O. The topological polar surface area (TPSA) is 101 Å². The van der Waals surface area contributed by atoms with Crippen LogP contribution in [0.4, 0.5) is 10.5 Å². The number of hydrogen-bond donors (Lipinski definition) is 1. The molecule has 34 heavy (non-hydrogen) atoms. The Labute approximate surface area is 198 Å². The lowest BCUT2D eigenvalue weighted by Crippen LogP contribution is -2.48. The van der Waals surface area contributed by atoms with E-state index in [-0.39, 0.29) is 31.9 Å². The number of nitrogens with one attached hydrogen (secondary N) is 1. The first-order chi connectivity index (χ1) is 16.5. The molecule has 3 aromatic rings. The van der Waals surface area contributed by atoms with E-state index in [9.17, 15) is 9.59 Å². The fraction of sp³-hybridized carbons (Fsp3) is 0.320. The summed E-state index contributed by atoms with van der Waals surface area (Å²) in [4.78, 5) is 29.8. The molecule has 9 nitrogen and oxygen atoms in total. The molecular weight excluding hydrogens is 438 g/mol. The third-order valence-corrected chi connectivity index (χ3v) is 4.98. The highest BCUT2D eigenvalue weighted by atomic mass is 16.7. The number of anilines is 1. The van der Waals surface area contributed by atoms with Crippen LogP contribution in [0.5, 0.6) is 5.75 Å². The Bertz CT molecular complexity index is 1110. The molecule has 0 unspecified atom stereocenters. The van der Waals surface area contributed by atoms with Crippen LogP contribution in [0.15, 0.2) is 71.9 Å². The lowest BCUT2D eigenvalue weighted by Gasteiger charge is -2.34. The summed E-state index contributed by atoms with van der Waals surface area (Å²) in [6.07, 6.45) is 2.05. The summed E-state index contributed by atoms with van der Waals surface area (Å²) in [5.41, 5.74) is 1.09. The molecule has 0 fully saturated rings. The molecule has 0 radical (unpaired) electrons. The van der Waals surface area contributed by atoms with Crippen LogP contribution >= 0.6 is 0 Å². The zero-order chi connectivity index (χ0) is 24.4. The smallest absolute Gasteiger partial charge is 0.412 e. The molecule has 0 spiro atoms.